The lowest BCUT2D eigenvalue weighted by atomic mass is 10.1. The number of piperazine rings is 1. The fourth-order valence-corrected chi connectivity index (χ4v) is 2.92. The average molecular weight is 522 g/mol. The van der Waals surface area contributed by atoms with Gasteiger partial charge in [-0.2, -0.15) is 0 Å². The molecule has 166 valence electrons. The topological polar surface area (TPSA) is 95.2 Å². The van der Waals surface area contributed by atoms with Crippen molar-refractivity contribution in [3.8, 4) is 0 Å². The molecule has 0 saturated carbocycles. The van der Waals surface area contributed by atoms with Crippen LogP contribution in [0.4, 0.5) is 0 Å². The first-order valence-corrected chi connectivity index (χ1v) is 10.00. The number of rotatable bonds is 9. The van der Waals surface area contributed by atoms with Gasteiger partial charge in [-0.25, -0.2) is 4.99 Å². The lowest BCUT2D eigenvalue weighted by molar-refractivity contribution is -0.122. The second kappa shape index (κ2) is 13.8. The SMILES string of the molecule is CCNC(=NCc1cc(C(C)C)no1)N1CCN(CC(=O)NCCOC)CC1.I. The molecule has 0 spiro atoms. The van der Waals surface area contributed by atoms with E-state index in [1.807, 2.05) is 6.07 Å². The minimum absolute atomic E-state index is 0. The first-order valence-electron chi connectivity index (χ1n) is 10.00. The standard InChI is InChI=1S/C19H34N6O3.HI/c1-5-20-19(22-13-16-12-17(15(2)3)23-28-16)25-9-7-24(8-10-25)14-18(26)21-6-11-27-4;/h12,15H,5-11,13-14H2,1-4H3,(H,20,22)(H,21,26);1H. The first-order chi connectivity index (χ1) is 13.5. The lowest BCUT2D eigenvalue weighted by Gasteiger charge is -2.36. The van der Waals surface area contributed by atoms with E-state index in [9.17, 15) is 4.79 Å². The summed E-state index contributed by atoms with van der Waals surface area (Å²) in [5, 5.41) is 10.3. The maximum atomic E-state index is 11.9. The summed E-state index contributed by atoms with van der Waals surface area (Å²) in [5.41, 5.74) is 0.951. The number of guanidine groups is 1. The van der Waals surface area contributed by atoms with Crippen LogP contribution in [-0.4, -0.2) is 86.4 Å². The fraction of sp³-hybridized carbons (Fsp3) is 0.737. The second-order valence-electron chi connectivity index (χ2n) is 7.15. The first kappa shape index (κ1) is 25.6. The highest BCUT2D eigenvalue weighted by molar-refractivity contribution is 14.0. The number of methoxy groups -OCH3 is 1. The number of halogens is 1. The molecule has 1 amide bonds. The molecule has 2 rings (SSSR count). The van der Waals surface area contributed by atoms with Gasteiger partial charge in [-0.3, -0.25) is 9.69 Å². The summed E-state index contributed by atoms with van der Waals surface area (Å²) < 4.78 is 10.3. The Bertz CT molecular complexity index is 629. The highest BCUT2D eigenvalue weighted by Crippen LogP contribution is 2.14. The summed E-state index contributed by atoms with van der Waals surface area (Å²) >= 11 is 0. The number of aromatic nitrogens is 1. The van der Waals surface area contributed by atoms with Gasteiger partial charge in [-0.05, 0) is 12.8 Å². The zero-order valence-corrected chi connectivity index (χ0v) is 20.3. The van der Waals surface area contributed by atoms with E-state index in [2.05, 4.69) is 46.4 Å². The molecule has 0 unspecified atom stereocenters. The molecule has 29 heavy (non-hydrogen) atoms. The van der Waals surface area contributed by atoms with Crippen LogP contribution in [-0.2, 0) is 16.1 Å². The van der Waals surface area contributed by atoms with E-state index in [0.717, 1.165) is 50.1 Å². The van der Waals surface area contributed by atoms with Crippen LogP contribution in [0.2, 0.25) is 0 Å². The van der Waals surface area contributed by atoms with E-state index in [1.165, 1.54) is 0 Å². The minimum Gasteiger partial charge on any atom is -0.383 e. The highest BCUT2D eigenvalue weighted by atomic mass is 127. The molecule has 1 aromatic rings. The number of hydrogen-bond donors (Lipinski definition) is 2. The molecule has 1 aliphatic heterocycles. The van der Waals surface area contributed by atoms with Crippen molar-refractivity contribution in [2.24, 2.45) is 4.99 Å². The van der Waals surface area contributed by atoms with Crippen molar-refractivity contribution < 1.29 is 14.1 Å². The van der Waals surface area contributed by atoms with Gasteiger partial charge in [0.05, 0.1) is 18.8 Å². The van der Waals surface area contributed by atoms with Crippen molar-refractivity contribution in [2.75, 3.05) is 59.5 Å². The van der Waals surface area contributed by atoms with Crippen LogP contribution in [0.5, 0.6) is 0 Å². The average Bonchev–Trinajstić information content (AvgIpc) is 3.15. The Balaban J connectivity index is 0.00000420. The number of hydrogen-bond acceptors (Lipinski definition) is 6. The number of amides is 1. The van der Waals surface area contributed by atoms with Crippen molar-refractivity contribution in [3.63, 3.8) is 0 Å². The Labute approximate surface area is 190 Å². The monoisotopic (exact) mass is 522 g/mol. The van der Waals surface area contributed by atoms with Gasteiger partial charge in [0.1, 0.15) is 6.54 Å². The van der Waals surface area contributed by atoms with Crippen LogP contribution < -0.4 is 10.6 Å². The molecule has 1 fully saturated rings. The minimum atomic E-state index is 0. The van der Waals surface area contributed by atoms with Gasteiger partial charge >= 0.3 is 0 Å². The molecule has 2 heterocycles. The summed E-state index contributed by atoms with van der Waals surface area (Å²) in [5.74, 6) is 2.02. The number of nitrogens with zero attached hydrogens (tertiary/aromatic N) is 4. The van der Waals surface area contributed by atoms with Crippen LogP contribution in [0.3, 0.4) is 0 Å². The Morgan fingerprint density at radius 3 is 2.62 bits per heavy atom. The number of nitrogens with one attached hydrogen (secondary N) is 2. The Morgan fingerprint density at radius 1 is 1.31 bits per heavy atom. The molecule has 1 aromatic heterocycles. The third-order valence-electron chi connectivity index (χ3n) is 4.56. The van der Waals surface area contributed by atoms with E-state index in [1.54, 1.807) is 7.11 Å². The van der Waals surface area contributed by atoms with Gasteiger partial charge in [0.2, 0.25) is 5.91 Å². The Morgan fingerprint density at radius 2 is 2.03 bits per heavy atom. The zero-order chi connectivity index (χ0) is 20.4. The maximum absolute atomic E-state index is 11.9. The molecule has 1 aliphatic rings. The molecule has 0 atom stereocenters. The van der Waals surface area contributed by atoms with Crippen LogP contribution in [0.25, 0.3) is 0 Å². The summed E-state index contributed by atoms with van der Waals surface area (Å²) in [6, 6.07) is 1.97. The van der Waals surface area contributed by atoms with Crippen molar-refractivity contribution in [3.05, 3.63) is 17.5 Å². The van der Waals surface area contributed by atoms with Crippen LogP contribution in [0.1, 0.15) is 38.1 Å². The molecular formula is C19H35IN6O3. The van der Waals surface area contributed by atoms with E-state index in [0.29, 0.717) is 32.2 Å². The van der Waals surface area contributed by atoms with Crippen LogP contribution in [0, 0.1) is 0 Å². The quantitative estimate of drug-likeness (QED) is 0.218. The smallest absolute Gasteiger partial charge is 0.234 e. The van der Waals surface area contributed by atoms with E-state index in [-0.39, 0.29) is 29.9 Å². The van der Waals surface area contributed by atoms with Crippen molar-refractivity contribution in [2.45, 2.75) is 33.2 Å². The molecule has 0 aromatic carbocycles. The second-order valence-corrected chi connectivity index (χ2v) is 7.15. The summed E-state index contributed by atoms with van der Waals surface area (Å²) in [4.78, 5) is 21.0. The van der Waals surface area contributed by atoms with E-state index < -0.39 is 0 Å². The summed E-state index contributed by atoms with van der Waals surface area (Å²) in [7, 11) is 1.63. The van der Waals surface area contributed by atoms with E-state index >= 15 is 0 Å². The number of aliphatic imine (C=N–C) groups is 1. The van der Waals surface area contributed by atoms with Gasteiger partial charge in [0.25, 0.3) is 0 Å². The Hall–Kier alpha value is -1.40. The molecule has 2 N–H and O–H groups in total. The molecule has 9 nitrogen and oxygen atoms in total. The van der Waals surface area contributed by atoms with E-state index in [4.69, 9.17) is 14.3 Å². The normalized spacial score (nSPS) is 15.3. The van der Waals surface area contributed by atoms with Crippen LogP contribution in [0.15, 0.2) is 15.6 Å². The summed E-state index contributed by atoms with van der Waals surface area (Å²) in [6.07, 6.45) is 0. The predicted molar refractivity (Wildman–Crippen MR) is 124 cm³/mol. The lowest BCUT2D eigenvalue weighted by Crippen LogP contribution is -2.54. The van der Waals surface area contributed by atoms with Gasteiger partial charge in [-0.1, -0.05) is 19.0 Å². The van der Waals surface area contributed by atoms with Gasteiger partial charge in [0, 0.05) is 52.4 Å². The number of ether oxygens (including phenoxy) is 1. The Kier molecular flexibility index (Phi) is 12.2. The van der Waals surface area contributed by atoms with Gasteiger partial charge in [-0.15, -0.1) is 24.0 Å². The van der Waals surface area contributed by atoms with Gasteiger partial charge in [0.15, 0.2) is 11.7 Å². The highest BCUT2D eigenvalue weighted by Gasteiger charge is 2.21. The molecule has 1 saturated heterocycles. The molecule has 0 radical (unpaired) electrons. The van der Waals surface area contributed by atoms with Crippen molar-refractivity contribution in [1.82, 2.24) is 25.6 Å². The molecule has 10 heteroatoms. The third-order valence-corrected chi connectivity index (χ3v) is 4.56. The molecular weight excluding hydrogens is 487 g/mol. The maximum Gasteiger partial charge on any atom is 0.234 e. The van der Waals surface area contributed by atoms with Crippen molar-refractivity contribution >= 4 is 35.8 Å². The fourth-order valence-electron chi connectivity index (χ4n) is 2.92. The van der Waals surface area contributed by atoms with Crippen LogP contribution >= 0.6 is 24.0 Å². The largest absolute Gasteiger partial charge is 0.383 e. The zero-order valence-electron chi connectivity index (χ0n) is 17.9. The molecule has 0 bridgehead atoms. The predicted octanol–water partition coefficient (Wildman–Crippen LogP) is 1.26. The third kappa shape index (κ3) is 8.87. The molecule has 0 aliphatic carbocycles. The number of carbonyl (C=O) groups excluding carboxylic acids is 1. The van der Waals surface area contributed by atoms with Crippen molar-refractivity contribution in [1.29, 1.82) is 0 Å². The summed E-state index contributed by atoms with van der Waals surface area (Å²) in [6.45, 7) is 12.3. The van der Waals surface area contributed by atoms with Gasteiger partial charge < -0.3 is 24.8 Å². The number of carbonyl (C=O) groups is 1.